The number of methoxy groups -OCH3 is 1. The SMILES string of the molecule is C=Cc1cc(CC)c(O)c(OC)c1. The first-order chi connectivity index (χ1) is 6.22. The van der Waals surface area contributed by atoms with Gasteiger partial charge in [-0.05, 0) is 29.7 Å². The van der Waals surface area contributed by atoms with Gasteiger partial charge in [-0.25, -0.2) is 0 Å². The summed E-state index contributed by atoms with van der Waals surface area (Å²) in [5, 5.41) is 9.65. The summed E-state index contributed by atoms with van der Waals surface area (Å²) >= 11 is 0. The molecule has 0 aliphatic heterocycles. The Labute approximate surface area is 78.5 Å². The lowest BCUT2D eigenvalue weighted by molar-refractivity contribution is 0.371. The quantitative estimate of drug-likeness (QED) is 0.770. The lowest BCUT2D eigenvalue weighted by Crippen LogP contribution is -1.90. The number of hydrogen-bond acceptors (Lipinski definition) is 2. The van der Waals surface area contributed by atoms with Gasteiger partial charge < -0.3 is 9.84 Å². The molecule has 2 heteroatoms. The maximum Gasteiger partial charge on any atom is 0.161 e. The molecule has 0 fully saturated rings. The lowest BCUT2D eigenvalue weighted by atomic mass is 10.1. The van der Waals surface area contributed by atoms with Gasteiger partial charge in [-0.1, -0.05) is 19.6 Å². The molecule has 0 radical (unpaired) electrons. The van der Waals surface area contributed by atoms with Crippen LogP contribution in [0, 0.1) is 0 Å². The number of phenolic OH excluding ortho intramolecular Hbond substituents is 1. The Morgan fingerprint density at radius 1 is 1.54 bits per heavy atom. The van der Waals surface area contributed by atoms with Crippen LogP contribution in [0.25, 0.3) is 6.08 Å². The van der Waals surface area contributed by atoms with Gasteiger partial charge in [-0.3, -0.25) is 0 Å². The van der Waals surface area contributed by atoms with E-state index in [0.29, 0.717) is 5.75 Å². The van der Waals surface area contributed by atoms with Gasteiger partial charge >= 0.3 is 0 Å². The van der Waals surface area contributed by atoms with E-state index in [4.69, 9.17) is 4.74 Å². The van der Waals surface area contributed by atoms with Gasteiger partial charge in [0.25, 0.3) is 0 Å². The summed E-state index contributed by atoms with van der Waals surface area (Å²) in [4.78, 5) is 0. The molecule has 70 valence electrons. The van der Waals surface area contributed by atoms with Crippen molar-refractivity contribution in [3.05, 3.63) is 29.8 Å². The summed E-state index contributed by atoms with van der Waals surface area (Å²) in [5.74, 6) is 0.741. The average molecular weight is 178 g/mol. The second kappa shape index (κ2) is 3.99. The summed E-state index contributed by atoms with van der Waals surface area (Å²) in [6.45, 7) is 5.66. The summed E-state index contributed by atoms with van der Waals surface area (Å²) in [7, 11) is 1.54. The molecule has 0 saturated heterocycles. The molecule has 0 spiro atoms. The molecule has 13 heavy (non-hydrogen) atoms. The van der Waals surface area contributed by atoms with Crippen molar-refractivity contribution < 1.29 is 9.84 Å². The Balaban J connectivity index is 3.28. The number of benzene rings is 1. The molecule has 1 rings (SSSR count). The predicted octanol–water partition coefficient (Wildman–Crippen LogP) is 2.61. The highest BCUT2D eigenvalue weighted by molar-refractivity contribution is 5.57. The maximum atomic E-state index is 9.65. The summed E-state index contributed by atoms with van der Waals surface area (Å²) < 4.78 is 5.03. The van der Waals surface area contributed by atoms with Crippen molar-refractivity contribution in [1.82, 2.24) is 0 Å². The van der Waals surface area contributed by atoms with Crippen molar-refractivity contribution in [3.63, 3.8) is 0 Å². The first-order valence-electron chi connectivity index (χ1n) is 4.25. The highest BCUT2D eigenvalue weighted by atomic mass is 16.5. The molecule has 0 atom stereocenters. The Kier molecular flexibility index (Phi) is 2.96. The van der Waals surface area contributed by atoms with Gasteiger partial charge in [-0.15, -0.1) is 0 Å². The molecule has 2 nitrogen and oxygen atoms in total. The normalized spacial score (nSPS) is 9.69. The third kappa shape index (κ3) is 1.83. The zero-order valence-corrected chi connectivity index (χ0v) is 8.00. The van der Waals surface area contributed by atoms with E-state index in [-0.39, 0.29) is 5.75 Å². The van der Waals surface area contributed by atoms with E-state index >= 15 is 0 Å². The lowest BCUT2D eigenvalue weighted by Gasteiger charge is -2.08. The molecule has 0 aromatic heterocycles. The van der Waals surface area contributed by atoms with Gasteiger partial charge in [0, 0.05) is 0 Å². The van der Waals surface area contributed by atoms with Crippen LogP contribution in [0.3, 0.4) is 0 Å². The summed E-state index contributed by atoms with van der Waals surface area (Å²) in [5.41, 5.74) is 1.85. The molecular weight excluding hydrogens is 164 g/mol. The molecule has 0 bridgehead atoms. The number of phenols is 1. The Bertz CT molecular complexity index is 291. The second-order valence-corrected chi connectivity index (χ2v) is 2.79. The van der Waals surface area contributed by atoms with E-state index < -0.39 is 0 Å². The van der Waals surface area contributed by atoms with Crippen molar-refractivity contribution in [2.75, 3.05) is 7.11 Å². The minimum Gasteiger partial charge on any atom is -0.504 e. The minimum absolute atomic E-state index is 0.232. The fourth-order valence-corrected chi connectivity index (χ4v) is 1.23. The van der Waals surface area contributed by atoms with E-state index in [1.165, 1.54) is 0 Å². The van der Waals surface area contributed by atoms with Crippen LogP contribution in [-0.2, 0) is 6.42 Å². The van der Waals surface area contributed by atoms with Crippen LogP contribution in [0.1, 0.15) is 18.1 Å². The van der Waals surface area contributed by atoms with E-state index in [1.807, 2.05) is 13.0 Å². The Morgan fingerprint density at radius 2 is 2.23 bits per heavy atom. The number of ether oxygens (including phenoxy) is 1. The van der Waals surface area contributed by atoms with E-state index in [0.717, 1.165) is 17.5 Å². The standard InChI is InChI=1S/C11H14O2/c1-4-8-6-9(5-2)11(12)10(7-8)13-3/h4,6-7,12H,1,5H2,2-3H3. The Hall–Kier alpha value is -1.44. The van der Waals surface area contributed by atoms with Gasteiger partial charge in [0.2, 0.25) is 0 Å². The minimum atomic E-state index is 0.232. The van der Waals surface area contributed by atoms with Crippen LogP contribution in [0.4, 0.5) is 0 Å². The molecule has 0 saturated carbocycles. The fraction of sp³-hybridized carbons (Fsp3) is 0.273. The van der Waals surface area contributed by atoms with Crippen molar-refractivity contribution in [3.8, 4) is 11.5 Å². The third-order valence-electron chi connectivity index (χ3n) is 2.01. The highest BCUT2D eigenvalue weighted by Crippen LogP contribution is 2.31. The number of aromatic hydroxyl groups is 1. The number of hydrogen-bond donors (Lipinski definition) is 1. The molecule has 0 amide bonds. The second-order valence-electron chi connectivity index (χ2n) is 2.79. The van der Waals surface area contributed by atoms with Crippen LogP contribution < -0.4 is 4.74 Å². The molecule has 0 heterocycles. The first kappa shape index (κ1) is 9.65. The van der Waals surface area contributed by atoms with Crippen LogP contribution in [0.5, 0.6) is 11.5 Å². The maximum absolute atomic E-state index is 9.65. The predicted molar refractivity (Wildman–Crippen MR) is 54.1 cm³/mol. The van der Waals surface area contributed by atoms with Gasteiger partial charge in [0.1, 0.15) is 0 Å². The van der Waals surface area contributed by atoms with Crippen LogP contribution in [0.2, 0.25) is 0 Å². The first-order valence-corrected chi connectivity index (χ1v) is 4.25. The third-order valence-corrected chi connectivity index (χ3v) is 2.01. The monoisotopic (exact) mass is 178 g/mol. The van der Waals surface area contributed by atoms with E-state index in [2.05, 4.69) is 6.58 Å². The van der Waals surface area contributed by atoms with Gasteiger partial charge in [0.05, 0.1) is 7.11 Å². The van der Waals surface area contributed by atoms with Crippen molar-refractivity contribution in [2.24, 2.45) is 0 Å². The topological polar surface area (TPSA) is 29.5 Å². The van der Waals surface area contributed by atoms with Gasteiger partial charge in [0.15, 0.2) is 11.5 Å². The van der Waals surface area contributed by atoms with Crippen molar-refractivity contribution in [2.45, 2.75) is 13.3 Å². The molecule has 1 N–H and O–H groups in total. The molecule has 0 aliphatic carbocycles. The molecule has 0 aliphatic rings. The summed E-state index contributed by atoms with van der Waals surface area (Å²) in [6.07, 6.45) is 2.52. The van der Waals surface area contributed by atoms with Gasteiger partial charge in [-0.2, -0.15) is 0 Å². The number of aryl methyl sites for hydroxylation is 1. The van der Waals surface area contributed by atoms with Crippen molar-refractivity contribution in [1.29, 1.82) is 0 Å². The smallest absolute Gasteiger partial charge is 0.161 e. The van der Waals surface area contributed by atoms with Crippen LogP contribution >= 0.6 is 0 Å². The van der Waals surface area contributed by atoms with Crippen LogP contribution in [-0.4, -0.2) is 12.2 Å². The fourth-order valence-electron chi connectivity index (χ4n) is 1.23. The molecule has 1 aromatic carbocycles. The number of rotatable bonds is 3. The van der Waals surface area contributed by atoms with Crippen LogP contribution in [0.15, 0.2) is 18.7 Å². The largest absolute Gasteiger partial charge is 0.504 e. The zero-order chi connectivity index (χ0) is 9.84. The highest BCUT2D eigenvalue weighted by Gasteiger charge is 2.07. The zero-order valence-electron chi connectivity index (χ0n) is 8.00. The van der Waals surface area contributed by atoms with E-state index in [1.54, 1.807) is 19.3 Å². The average Bonchev–Trinajstić information content (AvgIpc) is 2.18. The molecule has 1 aromatic rings. The van der Waals surface area contributed by atoms with Crippen molar-refractivity contribution >= 4 is 6.08 Å². The molecule has 0 unspecified atom stereocenters. The molecular formula is C11H14O2. The van der Waals surface area contributed by atoms with E-state index in [9.17, 15) is 5.11 Å². The Morgan fingerprint density at radius 3 is 2.69 bits per heavy atom. The summed E-state index contributed by atoms with van der Waals surface area (Å²) in [6, 6.07) is 3.67.